The van der Waals surface area contributed by atoms with Gasteiger partial charge in [-0.2, -0.15) is 9.61 Å². The average Bonchev–Trinajstić information content (AvgIpc) is 3.04. The normalized spacial score (nSPS) is 10.9. The summed E-state index contributed by atoms with van der Waals surface area (Å²) in [4.78, 5) is 12.3. The van der Waals surface area contributed by atoms with Crippen molar-refractivity contribution in [3.05, 3.63) is 76.5 Å². The maximum absolute atomic E-state index is 12.3. The number of halogens is 1. The van der Waals surface area contributed by atoms with Gasteiger partial charge in [0.05, 0.1) is 12.1 Å². The fourth-order valence-corrected chi connectivity index (χ4v) is 3.06. The fourth-order valence-electron chi connectivity index (χ4n) is 2.80. The molecule has 0 radical (unpaired) electrons. The van der Waals surface area contributed by atoms with Crippen LogP contribution < -0.4 is 5.32 Å². The molecule has 1 amide bonds. The van der Waals surface area contributed by atoms with Gasteiger partial charge in [0.1, 0.15) is 0 Å². The van der Waals surface area contributed by atoms with E-state index in [-0.39, 0.29) is 5.91 Å². The minimum absolute atomic E-state index is 0.0625. The van der Waals surface area contributed by atoms with Crippen LogP contribution in [0, 0.1) is 6.92 Å². The van der Waals surface area contributed by atoms with Gasteiger partial charge in [-0.1, -0.05) is 40.2 Å². The Labute approximate surface area is 164 Å². The standard InChI is InChI=1S/C20H16BrN5O/c1-13-23-24-19-10-9-18(25-26(13)19)15-3-2-4-17(12-15)22-20(27)11-14-5-7-16(21)8-6-14/h2-10,12H,11H2,1H3,(H,22,27). The molecule has 0 spiro atoms. The van der Waals surface area contributed by atoms with Crippen LogP contribution in [-0.2, 0) is 11.2 Å². The van der Waals surface area contributed by atoms with Gasteiger partial charge in [0, 0.05) is 15.7 Å². The highest BCUT2D eigenvalue weighted by Crippen LogP contribution is 2.21. The zero-order valence-electron chi connectivity index (χ0n) is 14.6. The minimum Gasteiger partial charge on any atom is -0.326 e. The van der Waals surface area contributed by atoms with Gasteiger partial charge in [0.15, 0.2) is 11.5 Å². The molecule has 134 valence electrons. The lowest BCUT2D eigenvalue weighted by molar-refractivity contribution is -0.115. The molecule has 0 aliphatic carbocycles. The van der Waals surface area contributed by atoms with E-state index < -0.39 is 0 Å². The molecule has 7 heteroatoms. The monoisotopic (exact) mass is 421 g/mol. The maximum Gasteiger partial charge on any atom is 0.228 e. The molecule has 27 heavy (non-hydrogen) atoms. The first-order valence-corrected chi connectivity index (χ1v) is 9.21. The van der Waals surface area contributed by atoms with Crippen molar-refractivity contribution in [3.63, 3.8) is 0 Å². The van der Waals surface area contributed by atoms with Crippen LogP contribution in [0.1, 0.15) is 11.4 Å². The number of nitrogens with one attached hydrogen (secondary N) is 1. The van der Waals surface area contributed by atoms with Crippen LogP contribution >= 0.6 is 15.9 Å². The summed E-state index contributed by atoms with van der Waals surface area (Å²) in [5.41, 5.74) is 4.09. The lowest BCUT2D eigenvalue weighted by atomic mass is 10.1. The van der Waals surface area contributed by atoms with E-state index in [2.05, 4.69) is 36.5 Å². The average molecular weight is 422 g/mol. The predicted molar refractivity (Wildman–Crippen MR) is 107 cm³/mol. The number of hydrogen-bond donors (Lipinski definition) is 1. The van der Waals surface area contributed by atoms with Crippen LogP contribution in [-0.4, -0.2) is 25.7 Å². The molecule has 0 saturated carbocycles. The first kappa shape index (κ1) is 17.4. The number of fused-ring (bicyclic) bond motifs is 1. The first-order chi connectivity index (χ1) is 13.1. The van der Waals surface area contributed by atoms with Crippen molar-refractivity contribution in [2.45, 2.75) is 13.3 Å². The van der Waals surface area contributed by atoms with Crippen molar-refractivity contribution in [1.29, 1.82) is 0 Å². The van der Waals surface area contributed by atoms with E-state index in [1.807, 2.05) is 67.6 Å². The van der Waals surface area contributed by atoms with Crippen molar-refractivity contribution in [2.24, 2.45) is 0 Å². The highest BCUT2D eigenvalue weighted by atomic mass is 79.9. The van der Waals surface area contributed by atoms with Gasteiger partial charge in [-0.15, -0.1) is 10.2 Å². The zero-order valence-corrected chi connectivity index (χ0v) is 16.1. The Hall–Kier alpha value is -3.06. The minimum atomic E-state index is -0.0625. The Morgan fingerprint density at radius 3 is 2.70 bits per heavy atom. The summed E-state index contributed by atoms with van der Waals surface area (Å²) < 4.78 is 2.70. The van der Waals surface area contributed by atoms with Crippen LogP contribution in [0.3, 0.4) is 0 Å². The van der Waals surface area contributed by atoms with Crippen LogP contribution in [0.4, 0.5) is 5.69 Å². The smallest absolute Gasteiger partial charge is 0.228 e. The number of aryl methyl sites for hydroxylation is 1. The second-order valence-corrected chi connectivity index (χ2v) is 7.08. The zero-order chi connectivity index (χ0) is 18.8. The van der Waals surface area contributed by atoms with Gasteiger partial charge in [-0.05, 0) is 48.9 Å². The molecule has 0 saturated heterocycles. The van der Waals surface area contributed by atoms with Gasteiger partial charge < -0.3 is 5.32 Å². The van der Waals surface area contributed by atoms with Crippen molar-refractivity contribution in [1.82, 2.24) is 19.8 Å². The molecule has 0 aliphatic heterocycles. The Balaban J connectivity index is 1.53. The molecular formula is C20H16BrN5O. The second-order valence-electron chi connectivity index (χ2n) is 6.17. The number of benzene rings is 2. The van der Waals surface area contributed by atoms with Crippen molar-refractivity contribution < 1.29 is 4.79 Å². The van der Waals surface area contributed by atoms with E-state index in [0.29, 0.717) is 12.1 Å². The summed E-state index contributed by atoms with van der Waals surface area (Å²) in [6.45, 7) is 1.86. The number of hydrogen-bond acceptors (Lipinski definition) is 4. The van der Waals surface area contributed by atoms with Crippen LogP contribution in [0.5, 0.6) is 0 Å². The molecular weight excluding hydrogens is 406 g/mol. The molecule has 2 aromatic heterocycles. The molecule has 2 aromatic carbocycles. The lowest BCUT2D eigenvalue weighted by Gasteiger charge is -2.08. The number of carbonyl (C=O) groups is 1. The van der Waals surface area contributed by atoms with E-state index >= 15 is 0 Å². The number of rotatable bonds is 4. The summed E-state index contributed by atoms with van der Waals surface area (Å²) in [6.07, 6.45) is 0.321. The van der Waals surface area contributed by atoms with E-state index in [1.165, 1.54) is 0 Å². The third kappa shape index (κ3) is 3.88. The molecule has 0 aliphatic rings. The molecule has 0 fully saturated rings. The topological polar surface area (TPSA) is 72.2 Å². The summed E-state index contributed by atoms with van der Waals surface area (Å²) in [5.74, 6) is 0.665. The second kappa shape index (κ2) is 7.28. The fraction of sp³-hybridized carbons (Fsp3) is 0.100. The van der Waals surface area contributed by atoms with Crippen molar-refractivity contribution in [3.8, 4) is 11.3 Å². The lowest BCUT2D eigenvalue weighted by Crippen LogP contribution is -2.14. The van der Waals surface area contributed by atoms with Gasteiger partial charge in [-0.25, -0.2) is 0 Å². The molecule has 2 heterocycles. The number of carbonyl (C=O) groups excluding carboxylic acids is 1. The SMILES string of the molecule is Cc1nnc2ccc(-c3cccc(NC(=O)Cc4ccc(Br)cc4)c3)nn12. The molecule has 0 bridgehead atoms. The number of anilines is 1. The highest BCUT2D eigenvalue weighted by Gasteiger charge is 2.08. The largest absolute Gasteiger partial charge is 0.326 e. The molecule has 1 N–H and O–H groups in total. The molecule has 0 unspecified atom stereocenters. The molecule has 0 atom stereocenters. The highest BCUT2D eigenvalue weighted by molar-refractivity contribution is 9.10. The maximum atomic E-state index is 12.3. The van der Waals surface area contributed by atoms with E-state index in [4.69, 9.17) is 0 Å². The number of nitrogens with zero attached hydrogens (tertiary/aromatic N) is 4. The molecule has 4 rings (SSSR count). The number of aromatic nitrogens is 4. The van der Waals surface area contributed by atoms with Crippen LogP contribution in [0.15, 0.2) is 65.1 Å². The van der Waals surface area contributed by atoms with Crippen molar-refractivity contribution in [2.75, 3.05) is 5.32 Å². The van der Waals surface area contributed by atoms with Crippen LogP contribution in [0.2, 0.25) is 0 Å². The molecule has 6 nitrogen and oxygen atoms in total. The number of amides is 1. The Morgan fingerprint density at radius 2 is 1.89 bits per heavy atom. The summed E-state index contributed by atoms with van der Waals surface area (Å²) >= 11 is 3.40. The quantitative estimate of drug-likeness (QED) is 0.539. The summed E-state index contributed by atoms with van der Waals surface area (Å²) in [7, 11) is 0. The Bertz CT molecular complexity index is 1120. The first-order valence-electron chi connectivity index (χ1n) is 8.42. The summed E-state index contributed by atoms with van der Waals surface area (Å²) in [6, 6.07) is 19.1. The molecule has 4 aromatic rings. The Kier molecular flexibility index (Phi) is 4.68. The van der Waals surface area contributed by atoms with Gasteiger partial charge in [0.25, 0.3) is 0 Å². The van der Waals surface area contributed by atoms with E-state index in [1.54, 1.807) is 4.52 Å². The van der Waals surface area contributed by atoms with Crippen LogP contribution in [0.25, 0.3) is 16.9 Å². The van der Waals surface area contributed by atoms with Crippen molar-refractivity contribution >= 4 is 33.2 Å². The third-order valence-electron chi connectivity index (χ3n) is 4.14. The van der Waals surface area contributed by atoms with Gasteiger partial charge in [-0.3, -0.25) is 4.79 Å². The Morgan fingerprint density at radius 1 is 1.07 bits per heavy atom. The summed E-state index contributed by atoms with van der Waals surface area (Å²) in [5, 5.41) is 15.6. The predicted octanol–water partition coefficient (Wildman–Crippen LogP) is 4.04. The van der Waals surface area contributed by atoms with E-state index in [9.17, 15) is 4.79 Å². The third-order valence-corrected chi connectivity index (χ3v) is 4.67. The van der Waals surface area contributed by atoms with Gasteiger partial charge >= 0.3 is 0 Å². The van der Waals surface area contributed by atoms with E-state index in [0.717, 1.165) is 32.8 Å². The van der Waals surface area contributed by atoms with Gasteiger partial charge in [0.2, 0.25) is 5.91 Å².